The lowest BCUT2D eigenvalue weighted by atomic mass is 9.99. The van der Waals surface area contributed by atoms with Gasteiger partial charge in [-0.2, -0.15) is 0 Å². The number of carbonyl (C=O) groups is 2. The van der Waals surface area contributed by atoms with Gasteiger partial charge in [0.1, 0.15) is 0 Å². The molecule has 0 radical (unpaired) electrons. The van der Waals surface area contributed by atoms with Crippen LogP contribution in [0.5, 0.6) is 0 Å². The minimum Gasteiger partial charge on any atom is -0.455 e. The number of thioether (sulfide) groups is 1. The molecule has 1 N–H and O–H groups in total. The van der Waals surface area contributed by atoms with Gasteiger partial charge in [0.05, 0.1) is 17.3 Å². The Labute approximate surface area is 159 Å². The van der Waals surface area contributed by atoms with E-state index in [0.717, 1.165) is 6.42 Å². The van der Waals surface area contributed by atoms with Gasteiger partial charge in [0.25, 0.3) is 5.91 Å². The predicted octanol–water partition coefficient (Wildman–Crippen LogP) is 2.60. The summed E-state index contributed by atoms with van der Waals surface area (Å²) in [6.45, 7) is 3.92. The highest BCUT2D eigenvalue weighted by molar-refractivity contribution is 8.02. The summed E-state index contributed by atoms with van der Waals surface area (Å²) in [6, 6.07) is 7.61. The topological polar surface area (TPSA) is 89.5 Å². The number of anilines is 1. The Balaban J connectivity index is 1.68. The number of ether oxygens (including phenoxy) is 1. The third kappa shape index (κ3) is 6.64. The van der Waals surface area contributed by atoms with Gasteiger partial charge < -0.3 is 10.1 Å². The van der Waals surface area contributed by atoms with Gasteiger partial charge in [0.2, 0.25) is 0 Å². The first-order valence-corrected chi connectivity index (χ1v) is 11.5. The third-order valence-electron chi connectivity index (χ3n) is 4.37. The van der Waals surface area contributed by atoms with Crippen LogP contribution in [0.4, 0.5) is 5.69 Å². The number of hydrogen-bond acceptors (Lipinski definition) is 6. The molecule has 26 heavy (non-hydrogen) atoms. The van der Waals surface area contributed by atoms with Crippen molar-refractivity contribution in [3.8, 4) is 0 Å². The minimum atomic E-state index is -2.95. The van der Waals surface area contributed by atoms with E-state index in [1.165, 1.54) is 17.3 Å². The van der Waals surface area contributed by atoms with Crippen LogP contribution >= 0.6 is 11.8 Å². The Bertz CT molecular complexity index is 730. The fraction of sp³-hybridized carbons (Fsp3) is 0.556. The van der Waals surface area contributed by atoms with E-state index in [1.807, 2.05) is 24.3 Å². The highest BCUT2D eigenvalue weighted by atomic mass is 32.2. The molecule has 1 aromatic rings. The summed E-state index contributed by atoms with van der Waals surface area (Å²) in [6.07, 6.45) is 1.61. The molecule has 1 heterocycles. The molecule has 144 valence electrons. The highest BCUT2D eigenvalue weighted by Crippen LogP contribution is 2.24. The molecule has 0 aliphatic carbocycles. The van der Waals surface area contributed by atoms with Gasteiger partial charge in [-0.25, -0.2) is 8.42 Å². The Morgan fingerprint density at radius 3 is 2.58 bits per heavy atom. The van der Waals surface area contributed by atoms with E-state index in [1.54, 1.807) is 0 Å². The van der Waals surface area contributed by atoms with Crippen molar-refractivity contribution in [2.24, 2.45) is 0 Å². The number of hydrogen-bond donors (Lipinski definition) is 1. The summed E-state index contributed by atoms with van der Waals surface area (Å²) in [4.78, 5) is 23.6. The monoisotopic (exact) mass is 399 g/mol. The molecular formula is C18H25NO5S2. The lowest BCUT2D eigenvalue weighted by Crippen LogP contribution is -2.22. The number of carbonyl (C=O) groups excluding carboxylic acids is 2. The Kier molecular flexibility index (Phi) is 7.52. The van der Waals surface area contributed by atoms with Crippen LogP contribution < -0.4 is 5.32 Å². The quantitative estimate of drug-likeness (QED) is 0.676. The highest BCUT2D eigenvalue weighted by Gasteiger charge is 2.28. The average Bonchev–Trinajstić information content (AvgIpc) is 2.97. The van der Waals surface area contributed by atoms with Crippen LogP contribution in [0.15, 0.2) is 24.3 Å². The molecule has 1 amide bonds. The molecule has 0 spiro atoms. The Morgan fingerprint density at radius 1 is 1.31 bits per heavy atom. The summed E-state index contributed by atoms with van der Waals surface area (Å²) in [5, 5.41) is 2.62. The van der Waals surface area contributed by atoms with Gasteiger partial charge in [0.15, 0.2) is 16.4 Å². The van der Waals surface area contributed by atoms with Crippen molar-refractivity contribution in [3.63, 3.8) is 0 Å². The fourth-order valence-corrected chi connectivity index (χ4v) is 6.03. The third-order valence-corrected chi connectivity index (χ3v) is 7.62. The zero-order valence-corrected chi connectivity index (χ0v) is 16.7. The molecule has 2 atom stereocenters. The summed E-state index contributed by atoms with van der Waals surface area (Å²) in [7, 11) is -2.95. The molecule has 0 saturated carbocycles. The van der Waals surface area contributed by atoms with Gasteiger partial charge in [-0.15, -0.1) is 11.8 Å². The maximum absolute atomic E-state index is 11.9. The lowest BCUT2D eigenvalue weighted by molar-refractivity contribution is -0.144. The zero-order valence-electron chi connectivity index (χ0n) is 15.1. The van der Waals surface area contributed by atoms with Crippen molar-refractivity contribution in [2.45, 2.75) is 37.9 Å². The maximum atomic E-state index is 11.9. The van der Waals surface area contributed by atoms with Gasteiger partial charge in [0, 0.05) is 10.9 Å². The number of esters is 1. The second kappa shape index (κ2) is 9.41. The first kappa shape index (κ1) is 20.8. The van der Waals surface area contributed by atoms with Crippen molar-refractivity contribution in [2.75, 3.05) is 29.2 Å². The van der Waals surface area contributed by atoms with Crippen molar-refractivity contribution in [3.05, 3.63) is 29.8 Å². The van der Waals surface area contributed by atoms with Crippen molar-refractivity contribution < 1.29 is 22.7 Å². The molecule has 1 aromatic carbocycles. The molecular weight excluding hydrogens is 374 g/mol. The van der Waals surface area contributed by atoms with Gasteiger partial charge in [-0.3, -0.25) is 9.59 Å². The molecule has 8 heteroatoms. The average molecular weight is 400 g/mol. The first-order chi connectivity index (χ1) is 12.3. The predicted molar refractivity (Wildman–Crippen MR) is 104 cm³/mol. The van der Waals surface area contributed by atoms with Crippen molar-refractivity contribution in [1.29, 1.82) is 0 Å². The fourth-order valence-electron chi connectivity index (χ4n) is 2.59. The molecule has 1 aliphatic heterocycles. The molecule has 0 bridgehead atoms. The number of amides is 1. The summed E-state index contributed by atoms with van der Waals surface area (Å²) in [5.74, 6) is -0.106. The van der Waals surface area contributed by atoms with Crippen LogP contribution in [0.3, 0.4) is 0 Å². The molecule has 1 fully saturated rings. The smallest absolute Gasteiger partial charge is 0.316 e. The van der Waals surface area contributed by atoms with Crippen LogP contribution in [0.2, 0.25) is 0 Å². The molecule has 2 rings (SSSR count). The molecule has 0 unspecified atom stereocenters. The second-order valence-corrected chi connectivity index (χ2v) is 9.99. The SMILES string of the molecule is CC[C@H](C)c1ccc(NC(=O)COC(=O)CS[C@@H]2CCS(=O)(=O)C2)cc1. The zero-order chi connectivity index (χ0) is 19.2. The summed E-state index contributed by atoms with van der Waals surface area (Å²) < 4.78 is 27.7. The van der Waals surface area contributed by atoms with Gasteiger partial charge >= 0.3 is 5.97 Å². The summed E-state index contributed by atoms with van der Waals surface area (Å²) in [5.41, 5.74) is 1.87. The minimum absolute atomic E-state index is 0.0526. The molecule has 0 aromatic heterocycles. The van der Waals surface area contributed by atoms with Gasteiger partial charge in [-0.1, -0.05) is 26.0 Å². The standard InChI is InChI=1S/C18H25NO5S2/c1-3-13(2)14-4-6-15(7-5-14)19-17(20)10-24-18(21)11-25-16-8-9-26(22,23)12-16/h4-7,13,16H,3,8-12H2,1-2H3,(H,19,20)/t13-,16+/m0/s1. The van der Waals surface area contributed by atoms with Crippen LogP contribution in [0.25, 0.3) is 0 Å². The number of sulfone groups is 1. The molecule has 6 nitrogen and oxygen atoms in total. The Hall–Kier alpha value is -1.54. The van der Waals surface area contributed by atoms with Crippen LogP contribution in [-0.2, 0) is 24.2 Å². The molecule has 1 aliphatic rings. The van der Waals surface area contributed by atoms with E-state index in [9.17, 15) is 18.0 Å². The lowest BCUT2D eigenvalue weighted by Gasteiger charge is -2.11. The van der Waals surface area contributed by atoms with Crippen LogP contribution in [0, 0.1) is 0 Å². The van der Waals surface area contributed by atoms with E-state index >= 15 is 0 Å². The number of rotatable bonds is 8. The van der Waals surface area contributed by atoms with Crippen LogP contribution in [-0.4, -0.2) is 49.4 Å². The normalized spacial score (nSPS) is 19.7. The van der Waals surface area contributed by atoms with Crippen LogP contribution in [0.1, 0.15) is 38.2 Å². The Morgan fingerprint density at radius 2 is 2.00 bits per heavy atom. The molecule has 1 saturated heterocycles. The maximum Gasteiger partial charge on any atom is 0.316 e. The van der Waals surface area contributed by atoms with E-state index < -0.39 is 21.7 Å². The van der Waals surface area contributed by atoms with E-state index in [4.69, 9.17) is 4.74 Å². The number of benzene rings is 1. The summed E-state index contributed by atoms with van der Waals surface area (Å²) >= 11 is 1.27. The van der Waals surface area contributed by atoms with Gasteiger partial charge in [-0.05, 0) is 36.5 Å². The largest absolute Gasteiger partial charge is 0.455 e. The van der Waals surface area contributed by atoms with E-state index in [-0.39, 0.29) is 29.1 Å². The second-order valence-electron chi connectivity index (χ2n) is 6.48. The van der Waals surface area contributed by atoms with E-state index in [2.05, 4.69) is 19.2 Å². The van der Waals surface area contributed by atoms with Crippen molar-refractivity contribution in [1.82, 2.24) is 0 Å². The van der Waals surface area contributed by atoms with Crippen molar-refractivity contribution >= 4 is 39.2 Å². The number of nitrogens with one attached hydrogen (secondary N) is 1. The van der Waals surface area contributed by atoms with E-state index in [0.29, 0.717) is 18.0 Å². The first-order valence-electron chi connectivity index (χ1n) is 8.66.